The zero-order chi connectivity index (χ0) is 22.7. The Hall–Kier alpha value is -4.01. The Morgan fingerprint density at radius 2 is 1.84 bits per heavy atom. The minimum Gasteiger partial charge on any atom is -0.494 e. The molecule has 0 saturated carbocycles. The van der Waals surface area contributed by atoms with Gasteiger partial charge in [-0.25, -0.2) is 9.37 Å². The Kier molecular flexibility index (Phi) is 5.98. The number of hydrogen-bond donors (Lipinski definition) is 0. The number of carbonyl (C=O) groups excluding carboxylic acids is 1. The topological polar surface area (TPSA) is 90.5 Å². The summed E-state index contributed by atoms with van der Waals surface area (Å²) in [7, 11) is 0. The smallest absolute Gasteiger partial charge is 0.267 e. The average Bonchev–Trinajstić information content (AvgIpc) is 3.23. The van der Waals surface area contributed by atoms with Gasteiger partial charge in [0.15, 0.2) is 0 Å². The van der Waals surface area contributed by atoms with Crippen LogP contribution in [0.4, 0.5) is 10.1 Å². The van der Waals surface area contributed by atoms with E-state index >= 15 is 0 Å². The van der Waals surface area contributed by atoms with Gasteiger partial charge in [-0.1, -0.05) is 5.16 Å². The summed E-state index contributed by atoms with van der Waals surface area (Å²) in [6, 6.07) is 12.7. The summed E-state index contributed by atoms with van der Waals surface area (Å²) in [5, 5.41) is 4.05. The molecule has 0 saturated heterocycles. The van der Waals surface area contributed by atoms with Gasteiger partial charge in [-0.15, -0.1) is 0 Å². The van der Waals surface area contributed by atoms with E-state index in [2.05, 4.69) is 10.1 Å². The van der Waals surface area contributed by atoms with Crippen LogP contribution in [-0.2, 0) is 11.3 Å². The van der Waals surface area contributed by atoms with Gasteiger partial charge < -0.3 is 14.2 Å². The molecule has 0 unspecified atom stereocenters. The molecule has 4 aromatic rings. The van der Waals surface area contributed by atoms with Gasteiger partial charge in [0.25, 0.3) is 11.3 Å². The van der Waals surface area contributed by atoms with Gasteiger partial charge in [0, 0.05) is 17.8 Å². The lowest BCUT2D eigenvalue weighted by Gasteiger charge is -2.21. The molecular weight excluding hydrogens is 415 g/mol. The molecule has 0 bridgehead atoms. The van der Waals surface area contributed by atoms with E-state index in [1.165, 1.54) is 35.2 Å². The first-order chi connectivity index (χ1) is 15.5. The maximum atomic E-state index is 13.3. The molecule has 0 aliphatic carbocycles. The van der Waals surface area contributed by atoms with Crippen molar-refractivity contribution in [3.63, 3.8) is 0 Å². The van der Waals surface area contributed by atoms with Gasteiger partial charge in [-0.2, -0.15) is 0 Å². The minimum atomic E-state index is -0.466. The Morgan fingerprint density at radius 1 is 1.12 bits per heavy atom. The van der Waals surface area contributed by atoms with E-state index < -0.39 is 11.4 Å². The fourth-order valence-corrected chi connectivity index (χ4v) is 3.42. The van der Waals surface area contributed by atoms with Crippen molar-refractivity contribution in [3.8, 4) is 17.0 Å². The Bertz CT molecular complexity index is 1300. The van der Waals surface area contributed by atoms with E-state index in [0.29, 0.717) is 30.2 Å². The number of amides is 1. The Labute approximate surface area is 182 Å². The second kappa shape index (κ2) is 9.01. The van der Waals surface area contributed by atoms with Gasteiger partial charge in [0.2, 0.25) is 5.91 Å². The molecule has 9 heteroatoms. The zero-order valence-electron chi connectivity index (χ0n) is 17.6. The molecule has 0 radical (unpaired) electrons. The second-order valence-corrected chi connectivity index (χ2v) is 6.96. The van der Waals surface area contributed by atoms with Crippen molar-refractivity contribution < 1.29 is 18.4 Å². The molecule has 2 aromatic carbocycles. The van der Waals surface area contributed by atoms with Crippen molar-refractivity contribution in [1.29, 1.82) is 0 Å². The Morgan fingerprint density at radius 3 is 2.50 bits per heavy atom. The molecule has 0 atom stereocenters. The predicted molar refractivity (Wildman–Crippen MR) is 117 cm³/mol. The van der Waals surface area contributed by atoms with E-state index in [1.54, 1.807) is 29.2 Å². The maximum Gasteiger partial charge on any atom is 0.267 e. The van der Waals surface area contributed by atoms with Crippen LogP contribution in [0.2, 0.25) is 0 Å². The largest absolute Gasteiger partial charge is 0.494 e. The van der Waals surface area contributed by atoms with Gasteiger partial charge in [-0.3, -0.25) is 14.2 Å². The summed E-state index contributed by atoms with van der Waals surface area (Å²) < 4.78 is 25.1. The van der Waals surface area contributed by atoms with E-state index in [4.69, 9.17) is 9.26 Å². The van der Waals surface area contributed by atoms with Gasteiger partial charge in [-0.05, 0) is 62.4 Å². The van der Waals surface area contributed by atoms with Crippen LogP contribution in [-0.4, -0.2) is 33.8 Å². The molecule has 8 nitrogen and oxygen atoms in total. The number of fused-ring (bicyclic) bond motifs is 1. The summed E-state index contributed by atoms with van der Waals surface area (Å²) in [5.41, 5.74) is 1.04. The highest BCUT2D eigenvalue weighted by atomic mass is 19.1. The molecule has 32 heavy (non-hydrogen) atoms. The number of aromatic nitrogens is 3. The third-order valence-corrected chi connectivity index (χ3v) is 4.96. The number of hydrogen-bond acceptors (Lipinski definition) is 6. The van der Waals surface area contributed by atoms with E-state index in [-0.39, 0.29) is 29.2 Å². The van der Waals surface area contributed by atoms with Crippen LogP contribution in [0.3, 0.4) is 0 Å². The molecule has 1 amide bonds. The monoisotopic (exact) mass is 436 g/mol. The molecule has 4 rings (SSSR count). The number of ether oxygens (including phenoxy) is 1. The molecule has 2 aromatic heterocycles. The van der Waals surface area contributed by atoms with Crippen molar-refractivity contribution in [2.75, 3.05) is 18.1 Å². The lowest BCUT2D eigenvalue weighted by Crippen LogP contribution is -2.36. The predicted octanol–water partition coefficient (Wildman–Crippen LogP) is 3.64. The number of likely N-dealkylation sites (N-methyl/N-ethyl adjacent to an activating group) is 1. The third-order valence-electron chi connectivity index (χ3n) is 4.96. The number of benzene rings is 2. The average molecular weight is 436 g/mol. The normalized spacial score (nSPS) is 11.0. The van der Waals surface area contributed by atoms with Crippen LogP contribution in [0, 0.1) is 5.82 Å². The summed E-state index contributed by atoms with van der Waals surface area (Å²) in [5.74, 6) is 0.0303. The minimum absolute atomic E-state index is 0.0527. The summed E-state index contributed by atoms with van der Waals surface area (Å²) in [6.45, 7) is 4.51. The highest BCUT2D eigenvalue weighted by molar-refractivity contribution is 5.93. The quantitative estimate of drug-likeness (QED) is 0.439. The van der Waals surface area contributed by atoms with Crippen LogP contribution >= 0.6 is 0 Å². The van der Waals surface area contributed by atoms with E-state index in [0.717, 1.165) is 0 Å². The molecule has 164 valence electrons. The first kappa shape index (κ1) is 21.2. The van der Waals surface area contributed by atoms with E-state index in [9.17, 15) is 14.0 Å². The molecule has 2 heterocycles. The number of rotatable bonds is 7. The Balaban J connectivity index is 1.64. The number of nitrogens with zero attached hydrogens (tertiary/aromatic N) is 4. The van der Waals surface area contributed by atoms with Gasteiger partial charge >= 0.3 is 0 Å². The van der Waals surface area contributed by atoms with Crippen LogP contribution in [0.15, 0.2) is 64.2 Å². The highest BCUT2D eigenvalue weighted by Crippen LogP contribution is 2.24. The molecular formula is C23H21FN4O4. The standard InChI is InChI=1S/C23H21FN4O4/c1-3-28(17-9-11-18(12-10-17)31-4-2)19(29)13-27-14-25-22-20(23(27)30)21(26-32-22)15-5-7-16(24)8-6-15/h5-12,14H,3-4,13H2,1-2H3. The van der Waals surface area contributed by atoms with Crippen molar-refractivity contribution in [2.24, 2.45) is 0 Å². The number of halogens is 1. The van der Waals surface area contributed by atoms with Crippen LogP contribution < -0.4 is 15.2 Å². The third kappa shape index (κ3) is 4.09. The van der Waals surface area contributed by atoms with Crippen molar-refractivity contribution in [1.82, 2.24) is 14.7 Å². The van der Waals surface area contributed by atoms with Crippen LogP contribution in [0.1, 0.15) is 13.8 Å². The van der Waals surface area contributed by atoms with Crippen LogP contribution in [0.5, 0.6) is 5.75 Å². The second-order valence-electron chi connectivity index (χ2n) is 6.96. The fourth-order valence-electron chi connectivity index (χ4n) is 3.42. The van der Waals surface area contributed by atoms with Crippen molar-refractivity contribution in [2.45, 2.75) is 20.4 Å². The summed E-state index contributed by atoms with van der Waals surface area (Å²) >= 11 is 0. The highest BCUT2D eigenvalue weighted by Gasteiger charge is 2.20. The van der Waals surface area contributed by atoms with Crippen LogP contribution in [0.25, 0.3) is 22.4 Å². The first-order valence-electron chi connectivity index (χ1n) is 10.2. The lowest BCUT2D eigenvalue weighted by atomic mass is 10.1. The summed E-state index contributed by atoms with van der Waals surface area (Å²) in [4.78, 5) is 31.8. The van der Waals surface area contributed by atoms with Gasteiger partial charge in [0.1, 0.15) is 35.5 Å². The SMILES string of the molecule is CCOc1ccc(N(CC)C(=O)Cn2cnc3onc(-c4ccc(F)cc4)c3c2=O)cc1. The maximum absolute atomic E-state index is 13.3. The van der Waals surface area contributed by atoms with E-state index in [1.807, 2.05) is 13.8 Å². The number of anilines is 1. The molecule has 0 aliphatic heterocycles. The summed E-state index contributed by atoms with van der Waals surface area (Å²) in [6.07, 6.45) is 1.26. The van der Waals surface area contributed by atoms with Crippen molar-refractivity contribution >= 4 is 22.7 Å². The van der Waals surface area contributed by atoms with Crippen molar-refractivity contribution in [3.05, 3.63) is 71.0 Å². The van der Waals surface area contributed by atoms with Gasteiger partial charge in [0.05, 0.1) is 6.61 Å². The molecule has 0 spiro atoms. The first-order valence-corrected chi connectivity index (χ1v) is 10.2. The molecule has 0 fully saturated rings. The number of carbonyl (C=O) groups is 1. The molecule has 0 aliphatic rings. The zero-order valence-corrected chi connectivity index (χ0v) is 17.6. The fraction of sp³-hybridized carbons (Fsp3) is 0.217. The lowest BCUT2D eigenvalue weighted by molar-refractivity contribution is -0.119. The molecule has 0 N–H and O–H groups in total.